The molecule has 0 radical (unpaired) electrons. The van der Waals surface area contributed by atoms with Crippen LogP contribution >= 0.6 is 0 Å². The predicted molar refractivity (Wildman–Crippen MR) is 102 cm³/mol. The first-order valence-corrected chi connectivity index (χ1v) is 8.39. The number of para-hydroxylation sites is 2. The SMILES string of the molecule is CN1C(=C(C#N)C(=O)COC(=O)c2cccc(C#N)c2)N(C)c2ccccc21. The van der Waals surface area contributed by atoms with Crippen molar-refractivity contribution in [3.63, 3.8) is 0 Å². The van der Waals surface area contributed by atoms with Gasteiger partial charge in [0.15, 0.2) is 6.61 Å². The van der Waals surface area contributed by atoms with Crippen molar-refractivity contribution >= 4 is 23.1 Å². The first-order chi connectivity index (χ1) is 13.5. The van der Waals surface area contributed by atoms with Crippen molar-refractivity contribution < 1.29 is 14.3 Å². The molecule has 0 fully saturated rings. The van der Waals surface area contributed by atoms with Crippen LogP contribution in [0.3, 0.4) is 0 Å². The Morgan fingerprint density at radius 1 is 1.00 bits per heavy atom. The molecule has 7 heteroatoms. The van der Waals surface area contributed by atoms with Gasteiger partial charge in [-0.1, -0.05) is 18.2 Å². The van der Waals surface area contributed by atoms with Crippen molar-refractivity contribution in [3.05, 3.63) is 71.1 Å². The second-order valence-corrected chi connectivity index (χ2v) is 6.11. The van der Waals surface area contributed by atoms with Crippen molar-refractivity contribution in [1.29, 1.82) is 10.5 Å². The third-order valence-electron chi connectivity index (χ3n) is 4.42. The van der Waals surface area contributed by atoms with Crippen LogP contribution in [0.5, 0.6) is 0 Å². The van der Waals surface area contributed by atoms with E-state index >= 15 is 0 Å². The number of carbonyl (C=O) groups is 2. The molecule has 0 saturated heterocycles. The lowest BCUT2D eigenvalue weighted by atomic mass is 10.1. The van der Waals surface area contributed by atoms with Gasteiger partial charge in [-0.3, -0.25) is 4.79 Å². The maximum absolute atomic E-state index is 12.6. The van der Waals surface area contributed by atoms with E-state index in [9.17, 15) is 14.9 Å². The van der Waals surface area contributed by atoms with Gasteiger partial charge in [0.05, 0.1) is 28.6 Å². The average molecular weight is 372 g/mol. The lowest BCUT2D eigenvalue weighted by molar-refractivity contribution is -0.118. The summed E-state index contributed by atoms with van der Waals surface area (Å²) in [5.74, 6) is -0.908. The van der Waals surface area contributed by atoms with Crippen LogP contribution in [0.15, 0.2) is 59.9 Å². The number of nitriles is 2. The Morgan fingerprint density at radius 3 is 2.21 bits per heavy atom. The summed E-state index contributed by atoms with van der Waals surface area (Å²) >= 11 is 0. The van der Waals surface area contributed by atoms with Gasteiger partial charge < -0.3 is 14.5 Å². The smallest absolute Gasteiger partial charge is 0.338 e. The largest absolute Gasteiger partial charge is 0.454 e. The number of Topliss-reactive ketones (excluding diaryl/α,β-unsaturated/α-hetero) is 1. The van der Waals surface area contributed by atoms with Gasteiger partial charge in [0.25, 0.3) is 0 Å². The zero-order chi connectivity index (χ0) is 20.3. The molecule has 1 aliphatic rings. The maximum atomic E-state index is 12.6. The molecule has 0 unspecified atom stereocenters. The van der Waals surface area contributed by atoms with E-state index in [0.717, 1.165) is 11.4 Å². The molecule has 2 aromatic carbocycles. The molecule has 0 amide bonds. The van der Waals surface area contributed by atoms with Crippen LogP contribution in [0.4, 0.5) is 11.4 Å². The summed E-state index contributed by atoms with van der Waals surface area (Å²) < 4.78 is 5.06. The van der Waals surface area contributed by atoms with Gasteiger partial charge in [-0.2, -0.15) is 10.5 Å². The summed E-state index contributed by atoms with van der Waals surface area (Å²) in [7, 11) is 3.53. The van der Waals surface area contributed by atoms with E-state index in [0.29, 0.717) is 11.4 Å². The van der Waals surface area contributed by atoms with Gasteiger partial charge in [0.2, 0.25) is 5.78 Å². The number of carbonyl (C=O) groups excluding carboxylic acids is 2. The normalized spacial score (nSPS) is 12.1. The molecule has 1 heterocycles. The molecular weight excluding hydrogens is 356 g/mol. The van der Waals surface area contributed by atoms with Crippen molar-refractivity contribution in [2.75, 3.05) is 30.5 Å². The van der Waals surface area contributed by atoms with Crippen LogP contribution in [0.2, 0.25) is 0 Å². The number of esters is 1. The van der Waals surface area contributed by atoms with Crippen molar-refractivity contribution in [3.8, 4) is 12.1 Å². The minimum absolute atomic E-state index is 0.0974. The summed E-state index contributed by atoms with van der Waals surface area (Å²) in [6.45, 7) is -0.569. The van der Waals surface area contributed by atoms with Crippen LogP contribution in [-0.2, 0) is 9.53 Å². The fourth-order valence-electron chi connectivity index (χ4n) is 3.06. The Balaban J connectivity index is 1.80. The van der Waals surface area contributed by atoms with Gasteiger partial charge in [-0.05, 0) is 30.3 Å². The lowest BCUT2D eigenvalue weighted by Crippen LogP contribution is -2.27. The molecule has 0 N–H and O–H groups in total. The van der Waals surface area contributed by atoms with Gasteiger partial charge in [0.1, 0.15) is 17.5 Å². The zero-order valence-corrected chi connectivity index (χ0v) is 15.3. The van der Waals surface area contributed by atoms with Gasteiger partial charge >= 0.3 is 5.97 Å². The van der Waals surface area contributed by atoms with Crippen LogP contribution in [0, 0.1) is 22.7 Å². The molecule has 3 rings (SSSR count). The number of fused-ring (bicyclic) bond motifs is 1. The molecular formula is C21H16N4O3. The van der Waals surface area contributed by atoms with E-state index in [-0.39, 0.29) is 11.1 Å². The van der Waals surface area contributed by atoms with E-state index in [1.54, 1.807) is 36.0 Å². The first-order valence-electron chi connectivity index (χ1n) is 8.39. The predicted octanol–water partition coefficient (Wildman–Crippen LogP) is 2.61. The Labute approximate surface area is 162 Å². The molecule has 0 aliphatic carbocycles. The number of ether oxygens (including phenoxy) is 1. The molecule has 0 aromatic heterocycles. The number of rotatable bonds is 4. The van der Waals surface area contributed by atoms with E-state index in [1.165, 1.54) is 12.1 Å². The second-order valence-electron chi connectivity index (χ2n) is 6.11. The summed E-state index contributed by atoms with van der Waals surface area (Å²) in [5, 5.41) is 18.5. The Hall–Kier alpha value is -4.10. The summed E-state index contributed by atoms with van der Waals surface area (Å²) in [5.41, 5.74) is 2.12. The van der Waals surface area contributed by atoms with Gasteiger partial charge in [-0.25, -0.2) is 4.79 Å². The van der Waals surface area contributed by atoms with E-state index in [4.69, 9.17) is 10.00 Å². The first kappa shape index (κ1) is 18.7. The lowest BCUT2D eigenvalue weighted by Gasteiger charge is -2.19. The average Bonchev–Trinajstić information content (AvgIpc) is 2.98. The number of benzene rings is 2. The van der Waals surface area contributed by atoms with Crippen LogP contribution in [0.1, 0.15) is 15.9 Å². The monoisotopic (exact) mass is 372 g/mol. The quantitative estimate of drug-likeness (QED) is 0.462. The maximum Gasteiger partial charge on any atom is 0.338 e. The summed E-state index contributed by atoms with van der Waals surface area (Å²) in [6, 6.07) is 17.4. The number of nitrogens with zero attached hydrogens (tertiary/aromatic N) is 4. The highest BCUT2D eigenvalue weighted by Gasteiger charge is 2.31. The molecule has 28 heavy (non-hydrogen) atoms. The fourth-order valence-corrected chi connectivity index (χ4v) is 3.06. The highest BCUT2D eigenvalue weighted by Crippen LogP contribution is 2.40. The summed E-state index contributed by atoms with van der Waals surface area (Å²) in [4.78, 5) is 28.3. The molecule has 0 spiro atoms. The molecule has 0 saturated carbocycles. The topological polar surface area (TPSA) is 97.4 Å². The molecule has 2 aromatic rings. The van der Waals surface area contributed by atoms with E-state index < -0.39 is 18.4 Å². The molecule has 7 nitrogen and oxygen atoms in total. The van der Waals surface area contributed by atoms with Crippen LogP contribution in [-0.4, -0.2) is 32.5 Å². The zero-order valence-electron chi connectivity index (χ0n) is 15.3. The highest BCUT2D eigenvalue weighted by atomic mass is 16.5. The van der Waals surface area contributed by atoms with Crippen molar-refractivity contribution in [1.82, 2.24) is 0 Å². The van der Waals surface area contributed by atoms with E-state index in [2.05, 4.69) is 0 Å². The number of anilines is 2. The molecule has 1 aliphatic heterocycles. The Bertz CT molecular complexity index is 1040. The highest BCUT2D eigenvalue weighted by molar-refractivity contribution is 6.04. The van der Waals surface area contributed by atoms with E-state index in [1.807, 2.05) is 36.4 Å². The number of ketones is 1. The standard InChI is InChI=1S/C21H16N4O3/c1-24-17-8-3-4-9-18(17)25(2)20(24)16(12-23)19(26)13-28-21(27)15-7-5-6-14(10-15)11-22/h3-10H,13H2,1-2H3. The van der Waals surface area contributed by atoms with Crippen molar-refractivity contribution in [2.24, 2.45) is 0 Å². The fraction of sp³-hybridized carbons (Fsp3) is 0.143. The van der Waals surface area contributed by atoms with Gasteiger partial charge in [0, 0.05) is 14.1 Å². The molecule has 0 atom stereocenters. The molecule has 0 bridgehead atoms. The second kappa shape index (κ2) is 7.65. The third kappa shape index (κ3) is 3.29. The molecule has 138 valence electrons. The summed E-state index contributed by atoms with van der Waals surface area (Å²) in [6.07, 6.45) is 0. The third-order valence-corrected chi connectivity index (χ3v) is 4.42. The van der Waals surface area contributed by atoms with Gasteiger partial charge in [-0.15, -0.1) is 0 Å². The Kier molecular flexibility index (Phi) is 5.10. The minimum Gasteiger partial charge on any atom is -0.454 e. The number of hydrogen-bond acceptors (Lipinski definition) is 7. The Morgan fingerprint density at radius 2 is 1.64 bits per heavy atom. The van der Waals surface area contributed by atoms with Crippen LogP contribution < -0.4 is 9.80 Å². The van der Waals surface area contributed by atoms with Crippen molar-refractivity contribution in [2.45, 2.75) is 0 Å². The minimum atomic E-state index is -0.732. The van der Waals surface area contributed by atoms with Crippen LogP contribution in [0.25, 0.3) is 0 Å². The number of hydrogen-bond donors (Lipinski definition) is 0.